The Morgan fingerprint density at radius 1 is 0.840 bits per heavy atom. The Morgan fingerprint density at radius 2 is 1.48 bits per heavy atom. The summed E-state index contributed by atoms with van der Waals surface area (Å²) in [6.07, 6.45) is 0. The molecule has 0 radical (unpaired) electrons. The summed E-state index contributed by atoms with van der Waals surface area (Å²) in [7, 11) is 0. The number of hydrogen-bond donors (Lipinski definition) is 0. The van der Waals surface area contributed by atoms with Crippen LogP contribution in [-0.2, 0) is 0 Å². The van der Waals surface area contributed by atoms with Gasteiger partial charge in [-0.25, -0.2) is 0 Å². The van der Waals surface area contributed by atoms with Gasteiger partial charge in [0.1, 0.15) is 0 Å². The Hall–Kier alpha value is -1.46. The van der Waals surface area contributed by atoms with E-state index in [0.717, 1.165) is 11.4 Å². The average molecular weight is 400 g/mol. The Bertz CT molecular complexity index is 996. The molecule has 0 unspecified atom stereocenters. The van der Waals surface area contributed by atoms with Crippen LogP contribution in [0.15, 0.2) is 66.0 Å². The van der Waals surface area contributed by atoms with E-state index in [0.29, 0.717) is 0 Å². The van der Waals surface area contributed by atoms with E-state index in [4.69, 9.17) is 22.9 Å². The molecular formula is C19H12BCl2NS2. The summed E-state index contributed by atoms with van der Waals surface area (Å²) in [6, 6.07) is 21.4. The lowest BCUT2D eigenvalue weighted by Crippen LogP contribution is -2.32. The van der Waals surface area contributed by atoms with E-state index in [-0.39, 0.29) is 5.92 Å². The smallest absolute Gasteiger partial charge is 0.357 e. The largest absolute Gasteiger partial charge is 0.472 e. The first-order valence-corrected chi connectivity index (χ1v) is 10.5. The fourth-order valence-electron chi connectivity index (χ4n) is 3.64. The Morgan fingerprint density at radius 3 is 2.08 bits per heavy atom. The lowest BCUT2D eigenvalue weighted by Gasteiger charge is -2.37. The number of thiophene rings is 2. The maximum atomic E-state index is 6.35. The minimum Gasteiger partial charge on any atom is -0.357 e. The Kier molecular flexibility index (Phi) is 3.83. The number of benzene rings is 2. The highest BCUT2D eigenvalue weighted by Gasteiger charge is 2.35. The van der Waals surface area contributed by atoms with Crippen molar-refractivity contribution in [1.82, 2.24) is 0 Å². The van der Waals surface area contributed by atoms with Gasteiger partial charge in [-0.1, -0.05) is 36.4 Å². The van der Waals surface area contributed by atoms with Crippen molar-refractivity contribution in [2.24, 2.45) is 0 Å². The number of halogens is 2. The molecule has 5 rings (SSSR count). The molecule has 0 spiro atoms. The van der Waals surface area contributed by atoms with Crippen LogP contribution in [0.2, 0.25) is 0 Å². The highest BCUT2D eigenvalue weighted by molar-refractivity contribution is 7.35. The zero-order valence-electron chi connectivity index (χ0n) is 13.0. The van der Waals surface area contributed by atoms with E-state index in [1.54, 1.807) is 11.3 Å². The van der Waals surface area contributed by atoms with E-state index < -0.39 is 5.68 Å². The summed E-state index contributed by atoms with van der Waals surface area (Å²) in [5.74, 6) is 0.209. The highest BCUT2D eigenvalue weighted by Crippen LogP contribution is 2.51. The molecule has 6 heteroatoms. The van der Waals surface area contributed by atoms with E-state index in [9.17, 15) is 0 Å². The predicted molar refractivity (Wildman–Crippen MR) is 113 cm³/mol. The fourth-order valence-corrected chi connectivity index (χ4v) is 6.32. The molecule has 0 aliphatic carbocycles. The average Bonchev–Trinajstić information content (AvgIpc) is 3.20. The number of nitrogens with zero attached hydrogens (tertiary/aromatic N) is 1. The van der Waals surface area contributed by atoms with Gasteiger partial charge in [0.15, 0.2) is 0 Å². The van der Waals surface area contributed by atoms with Gasteiger partial charge in [-0.05, 0) is 40.8 Å². The third-order valence-electron chi connectivity index (χ3n) is 4.65. The number of anilines is 2. The Labute approximate surface area is 164 Å². The number of hydrogen-bond acceptors (Lipinski definition) is 3. The molecule has 0 fully saturated rings. The van der Waals surface area contributed by atoms with Gasteiger partial charge in [-0.3, -0.25) is 0 Å². The van der Waals surface area contributed by atoms with Gasteiger partial charge >= 0.3 is 5.68 Å². The number of fused-ring (bicyclic) bond motifs is 3. The first-order valence-electron chi connectivity index (χ1n) is 7.96. The molecule has 3 heterocycles. The summed E-state index contributed by atoms with van der Waals surface area (Å²) in [5, 5.41) is 2.15. The van der Waals surface area contributed by atoms with Crippen molar-refractivity contribution < 1.29 is 0 Å². The molecule has 0 bridgehead atoms. The maximum absolute atomic E-state index is 6.35. The fraction of sp³-hybridized carbons (Fsp3) is 0.0526. The van der Waals surface area contributed by atoms with Gasteiger partial charge in [-0.15, -0.1) is 45.6 Å². The van der Waals surface area contributed by atoms with Gasteiger partial charge < -0.3 is 4.81 Å². The number of para-hydroxylation sites is 2. The van der Waals surface area contributed by atoms with Crippen molar-refractivity contribution in [2.45, 2.75) is 5.92 Å². The number of rotatable bonds is 2. The van der Waals surface area contributed by atoms with E-state index >= 15 is 0 Å². The van der Waals surface area contributed by atoms with Gasteiger partial charge in [0.2, 0.25) is 0 Å². The highest BCUT2D eigenvalue weighted by atomic mass is 35.5. The molecule has 1 nitrogen and oxygen atoms in total. The normalized spacial score (nSPS) is 13.8. The molecule has 25 heavy (non-hydrogen) atoms. The zero-order valence-corrected chi connectivity index (χ0v) is 16.2. The van der Waals surface area contributed by atoms with E-state index in [1.165, 1.54) is 25.4 Å². The van der Waals surface area contributed by atoms with Crippen molar-refractivity contribution in [1.29, 1.82) is 0 Å². The van der Waals surface area contributed by atoms with Gasteiger partial charge in [0.05, 0.1) is 0 Å². The van der Waals surface area contributed by atoms with Gasteiger partial charge in [0.25, 0.3) is 0 Å². The first-order chi connectivity index (χ1) is 12.2. The molecule has 0 N–H and O–H groups in total. The van der Waals surface area contributed by atoms with Crippen LogP contribution in [0.5, 0.6) is 0 Å². The first kappa shape index (κ1) is 15.8. The summed E-state index contributed by atoms with van der Waals surface area (Å²) >= 11 is 16.4. The molecule has 0 saturated carbocycles. The molecule has 2 aromatic heterocycles. The van der Waals surface area contributed by atoms with Crippen LogP contribution >= 0.6 is 45.6 Å². The molecule has 1 aliphatic rings. The maximum Gasteiger partial charge on any atom is 0.472 e. The van der Waals surface area contributed by atoms with Gasteiger partial charge in [0, 0.05) is 31.6 Å². The van der Waals surface area contributed by atoms with Crippen LogP contribution < -0.4 is 4.81 Å². The third-order valence-corrected chi connectivity index (χ3v) is 7.20. The Balaban J connectivity index is 1.79. The van der Waals surface area contributed by atoms with Crippen molar-refractivity contribution in [3.8, 4) is 0 Å². The van der Waals surface area contributed by atoms with Crippen LogP contribution in [0.4, 0.5) is 11.4 Å². The lowest BCUT2D eigenvalue weighted by atomic mass is 9.82. The molecule has 2 aromatic carbocycles. The minimum absolute atomic E-state index is 0.209. The molecule has 0 atom stereocenters. The quantitative estimate of drug-likeness (QED) is 0.326. The second-order valence-electron chi connectivity index (χ2n) is 6.00. The zero-order chi connectivity index (χ0) is 17.0. The topological polar surface area (TPSA) is 3.24 Å². The van der Waals surface area contributed by atoms with Crippen molar-refractivity contribution in [3.63, 3.8) is 0 Å². The second-order valence-corrected chi connectivity index (χ2v) is 9.11. The van der Waals surface area contributed by atoms with Crippen molar-refractivity contribution in [2.75, 3.05) is 4.81 Å². The minimum atomic E-state index is -0.630. The summed E-state index contributed by atoms with van der Waals surface area (Å²) in [4.78, 5) is 3.38. The van der Waals surface area contributed by atoms with Crippen LogP contribution in [0.25, 0.3) is 9.40 Å². The summed E-state index contributed by atoms with van der Waals surface area (Å²) in [5.41, 5.74) is 4.04. The van der Waals surface area contributed by atoms with Crippen LogP contribution in [0.3, 0.4) is 0 Å². The van der Waals surface area contributed by atoms with E-state index in [2.05, 4.69) is 53.9 Å². The van der Waals surface area contributed by atoms with Crippen LogP contribution in [0.1, 0.15) is 21.9 Å². The summed E-state index contributed by atoms with van der Waals surface area (Å²) in [6.45, 7) is 0. The van der Waals surface area contributed by atoms with Crippen molar-refractivity contribution in [3.05, 3.63) is 82.0 Å². The SMILES string of the molecule is ClB(Cl)N1c2ccccc2C(c2cc3sccc3s2)c2ccccc21. The molecule has 0 saturated heterocycles. The molecule has 4 aromatic rings. The molecule has 0 amide bonds. The lowest BCUT2D eigenvalue weighted by molar-refractivity contribution is 0.973. The predicted octanol–water partition coefficient (Wildman–Crippen LogP) is 7.06. The van der Waals surface area contributed by atoms with Crippen LogP contribution in [-0.4, -0.2) is 5.68 Å². The summed E-state index contributed by atoms with van der Waals surface area (Å²) < 4.78 is 2.70. The molecule has 122 valence electrons. The van der Waals surface area contributed by atoms with E-state index in [1.807, 2.05) is 28.3 Å². The second kappa shape index (κ2) is 6.06. The van der Waals surface area contributed by atoms with Crippen LogP contribution in [0, 0.1) is 0 Å². The van der Waals surface area contributed by atoms with Crippen molar-refractivity contribution >= 4 is 72.0 Å². The third kappa shape index (κ3) is 2.43. The molecular weight excluding hydrogens is 388 g/mol. The monoisotopic (exact) mass is 399 g/mol. The standard InChI is InChI=1S/C19H12BCl2NS2/c21-20(22)23-14-7-3-1-5-12(14)19(13-6-2-4-8-15(13)23)18-11-17-16(25-18)9-10-24-17/h1-11,19H. The van der Waals surface area contributed by atoms with Gasteiger partial charge in [-0.2, -0.15) is 0 Å². The molecule has 1 aliphatic heterocycles.